The van der Waals surface area contributed by atoms with Crippen molar-refractivity contribution in [3.05, 3.63) is 15.9 Å². The molecule has 0 saturated carbocycles. The summed E-state index contributed by atoms with van der Waals surface area (Å²) in [6.07, 6.45) is 0.703. The third-order valence-corrected chi connectivity index (χ3v) is 4.60. The molecule has 102 valence electrons. The fourth-order valence-corrected chi connectivity index (χ4v) is 2.14. The summed E-state index contributed by atoms with van der Waals surface area (Å²) in [7, 11) is -3.64. The van der Waals surface area contributed by atoms with Crippen molar-refractivity contribution in [2.45, 2.75) is 25.5 Å². The summed E-state index contributed by atoms with van der Waals surface area (Å²) in [5.74, 6) is -0.451. The van der Waals surface area contributed by atoms with Crippen molar-refractivity contribution in [1.29, 1.82) is 0 Å². The molecule has 4 N–H and O–H groups in total. The second-order valence-corrected chi connectivity index (χ2v) is 6.60. The number of sulfonamides is 1. The van der Waals surface area contributed by atoms with Gasteiger partial charge in [0.05, 0.1) is 9.72 Å². The van der Waals surface area contributed by atoms with Gasteiger partial charge in [-0.25, -0.2) is 13.6 Å². The van der Waals surface area contributed by atoms with E-state index in [1.807, 2.05) is 6.92 Å². The van der Waals surface area contributed by atoms with E-state index in [2.05, 4.69) is 31.4 Å². The van der Waals surface area contributed by atoms with Crippen molar-refractivity contribution >= 4 is 31.9 Å². The Hall–Kier alpha value is -0.930. The second kappa shape index (κ2) is 5.81. The molecule has 9 heteroatoms. The summed E-state index contributed by atoms with van der Waals surface area (Å²) in [5, 5.41) is 13.2. The number of carbonyl (C=O) groups excluding carboxylic acids is 1. The van der Waals surface area contributed by atoms with Gasteiger partial charge in [-0.3, -0.25) is 9.89 Å². The predicted octanol–water partition coefficient (Wildman–Crippen LogP) is 0.141. The number of hydrogen-bond donors (Lipinski definition) is 3. The van der Waals surface area contributed by atoms with Crippen LogP contribution in [0.15, 0.2) is 4.47 Å². The van der Waals surface area contributed by atoms with Gasteiger partial charge in [-0.1, -0.05) is 6.92 Å². The monoisotopic (exact) mass is 338 g/mol. The van der Waals surface area contributed by atoms with Crippen molar-refractivity contribution in [3.63, 3.8) is 0 Å². The zero-order valence-electron chi connectivity index (χ0n) is 10.0. The van der Waals surface area contributed by atoms with Crippen LogP contribution < -0.4 is 10.5 Å². The topological polar surface area (TPSA) is 118 Å². The number of carbonyl (C=O) groups is 1. The normalized spacial score (nSPS) is 13.3. The number of nitrogens with one attached hydrogen (secondary N) is 2. The fourth-order valence-electron chi connectivity index (χ4n) is 1.19. The third-order valence-electron chi connectivity index (χ3n) is 2.46. The quantitative estimate of drug-likeness (QED) is 0.707. The predicted molar refractivity (Wildman–Crippen MR) is 70.6 cm³/mol. The molecule has 0 spiro atoms. The lowest BCUT2D eigenvalue weighted by atomic mass is 10.3. The van der Waals surface area contributed by atoms with Crippen molar-refractivity contribution < 1.29 is 13.2 Å². The van der Waals surface area contributed by atoms with Gasteiger partial charge in [0.25, 0.3) is 5.91 Å². The molecule has 1 heterocycles. The largest absolute Gasteiger partial charge is 0.349 e. The van der Waals surface area contributed by atoms with Crippen LogP contribution in [0.2, 0.25) is 0 Å². The molecule has 0 aliphatic rings. The number of nitrogens with two attached hydrogens (primary N) is 1. The number of primary sulfonamides is 1. The summed E-state index contributed by atoms with van der Waals surface area (Å²) in [4.78, 5) is 11.8. The highest BCUT2D eigenvalue weighted by Crippen LogP contribution is 2.19. The Labute approximate surface area is 114 Å². The van der Waals surface area contributed by atoms with Gasteiger partial charge in [-0.2, -0.15) is 5.10 Å². The zero-order valence-corrected chi connectivity index (χ0v) is 12.4. The Morgan fingerprint density at radius 3 is 2.67 bits per heavy atom. The van der Waals surface area contributed by atoms with Crippen molar-refractivity contribution in [3.8, 4) is 0 Å². The second-order valence-electron chi connectivity index (χ2n) is 3.83. The van der Waals surface area contributed by atoms with Crippen LogP contribution in [-0.4, -0.2) is 36.3 Å². The number of aromatic amines is 1. The molecule has 1 unspecified atom stereocenters. The molecule has 0 fully saturated rings. The fraction of sp³-hybridized carbons (Fsp3) is 0.556. The van der Waals surface area contributed by atoms with Crippen LogP contribution in [0, 0.1) is 0 Å². The number of halogens is 1. The molecule has 0 aromatic carbocycles. The van der Waals surface area contributed by atoms with Crippen molar-refractivity contribution in [2.24, 2.45) is 5.14 Å². The van der Waals surface area contributed by atoms with Crippen LogP contribution in [0.3, 0.4) is 0 Å². The molecule has 7 nitrogen and oxygen atoms in total. The first-order valence-electron chi connectivity index (χ1n) is 5.29. The van der Waals surface area contributed by atoms with Gasteiger partial charge in [-0.05, 0) is 29.3 Å². The first-order valence-corrected chi connectivity index (χ1v) is 7.70. The minimum Gasteiger partial charge on any atom is -0.349 e. The molecule has 0 aliphatic carbocycles. The van der Waals surface area contributed by atoms with E-state index in [1.54, 1.807) is 0 Å². The van der Waals surface area contributed by atoms with E-state index < -0.39 is 21.2 Å². The first kappa shape index (κ1) is 15.1. The Balaban J connectivity index is 2.69. The summed E-state index contributed by atoms with van der Waals surface area (Å²) in [6, 6.07) is 0. The van der Waals surface area contributed by atoms with E-state index in [-0.39, 0.29) is 12.2 Å². The number of H-pyrrole nitrogens is 1. The summed E-state index contributed by atoms with van der Waals surface area (Å²) in [5.41, 5.74) is 1.01. The number of nitrogens with zero attached hydrogens (tertiary/aromatic N) is 1. The third kappa shape index (κ3) is 3.53. The van der Waals surface area contributed by atoms with E-state index in [9.17, 15) is 13.2 Å². The molecule has 18 heavy (non-hydrogen) atoms. The van der Waals surface area contributed by atoms with E-state index in [1.165, 1.54) is 6.92 Å². The van der Waals surface area contributed by atoms with Gasteiger partial charge in [0.2, 0.25) is 10.0 Å². The minimum absolute atomic E-state index is 0.0571. The van der Waals surface area contributed by atoms with Crippen molar-refractivity contribution in [1.82, 2.24) is 15.5 Å². The highest BCUT2D eigenvalue weighted by Gasteiger charge is 2.20. The zero-order chi connectivity index (χ0) is 13.9. The standard InChI is InChI=1S/C9H15BrN4O3S/c1-3-6-7(10)8(14-13-6)9(15)12-4-5(2)18(11,16)17/h5H,3-4H2,1-2H3,(H,12,15)(H,13,14)(H2,11,16,17). The summed E-state index contributed by atoms with van der Waals surface area (Å²) >= 11 is 3.26. The SMILES string of the molecule is CCc1[nH]nc(C(=O)NCC(C)S(N)(=O)=O)c1Br. The molecule has 0 bridgehead atoms. The Morgan fingerprint density at radius 2 is 2.22 bits per heavy atom. The summed E-state index contributed by atoms with van der Waals surface area (Å²) in [6.45, 7) is 3.29. The molecular formula is C9H15BrN4O3S. The smallest absolute Gasteiger partial charge is 0.273 e. The van der Waals surface area contributed by atoms with Crippen LogP contribution in [0.25, 0.3) is 0 Å². The van der Waals surface area contributed by atoms with Crippen LogP contribution in [0.1, 0.15) is 30.0 Å². The Morgan fingerprint density at radius 1 is 1.61 bits per heavy atom. The molecule has 1 amide bonds. The first-order chi connectivity index (χ1) is 8.27. The van der Waals surface area contributed by atoms with Gasteiger partial charge in [0.15, 0.2) is 5.69 Å². The van der Waals surface area contributed by atoms with E-state index in [4.69, 9.17) is 5.14 Å². The molecule has 1 atom stereocenters. The van der Waals surface area contributed by atoms with Gasteiger partial charge in [0, 0.05) is 12.2 Å². The number of aryl methyl sites for hydroxylation is 1. The maximum absolute atomic E-state index is 11.8. The highest BCUT2D eigenvalue weighted by molar-refractivity contribution is 9.10. The molecule has 1 aromatic rings. The lowest BCUT2D eigenvalue weighted by Crippen LogP contribution is -2.38. The van der Waals surface area contributed by atoms with Crippen LogP contribution in [0.5, 0.6) is 0 Å². The lowest BCUT2D eigenvalue weighted by Gasteiger charge is -2.09. The van der Waals surface area contributed by atoms with E-state index in [0.29, 0.717) is 10.9 Å². The number of amides is 1. The molecule has 0 radical (unpaired) electrons. The Bertz CT molecular complexity index is 540. The van der Waals surface area contributed by atoms with Crippen LogP contribution >= 0.6 is 15.9 Å². The average Bonchev–Trinajstić information content (AvgIpc) is 2.65. The van der Waals surface area contributed by atoms with Gasteiger partial charge in [-0.15, -0.1) is 0 Å². The average molecular weight is 339 g/mol. The van der Waals surface area contributed by atoms with Crippen molar-refractivity contribution in [2.75, 3.05) is 6.54 Å². The van der Waals surface area contributed by atoms with E-state index in [0.717, 1.165) is 5.69 Å². The molecule has 0 aliphatic heterocycles. The molecular weight excluding hydrogens is 324 g/mol. The van der Waals surface area contributed by atoms with Gasteiger partial charge < -0.3 is 5.32 Å². The minimum atomic E-state index is -3.64. The lowest BCUT2D eigenvalue weighted by molar-refractivity contribution is 0.0948. The highest BCUT2D eigenvalue weighted by atomic mass is 79.9. The maximum atomic E-state index is 11.8. The Kier molecular flexibility index (Phi) is 4.88. The molecule has 0 saturated heterocycles. The summed E-state index contributed by atoms with van der Waals surface area (Å²) < 4.78 is 22.6. The van der Waals surface area contributed by atoms with Gasteiger partial charge >= 0.3 is 0 Å². The van der Waals surface area contributed by atoms with Crippen LogP contribution in [0.4, 0.5) is 0 Å². The van der Waals surface area contributed by atoms with E-state index >= 15 is 0 Å². The number of rotatable bonds is 5. The molecule has 1 aromatic heterocycles. The number of hydrogen-bond acceptors (Lipinski definition) is 4. The van der Waals surface area contributed by atoms with Crippen LogP contribution in [-0.2, 0) is 16.4 Å². The number of aromatic nitrogens is 2. The van der Waals surface area contributed by atoms with Gasteiger partial charge in [0.1, 0.15) is 0 Å². The maximum Gasteiger partial charge on any atom is 0.273 e. The molecule has 1 rings (SSSR count).